The summed E-state index contributed by atoms with van der Waals surface area (Å²) in [6, 6.07) is 4.43. The molecule has 0 heterocycles. The fourth-order valence-corrected chi connectivity index (χ4v) is 6.16. The number of unbranched alkanes of at least 4 members (excludes halogenated alkanes) is 6. The van der Waals surface area contributed by atoms with Gasteiger partial charge in [-0.25, -0.2) is 9.18 Å². The van der Waals surface area contributed by atoms with Crippen molar-refractivity contribution in [3.05, 3.63) is 29.6 Å². The van der Waals surface area contributed by atoms with Gasteiger partial charge in [0.1, 0.15) is 6.10 Å². The molecule has 35 heavy (non-hydrogen) atoms. The summed E-state index contributed by atoms with van der Waals surface area (Å²) < 4.78 is 25.6. The van der Waals surface area contributed by atoms with E-state index in [-0.39, 0.29) is 17.4 Å². The summed E-state index contributed by atoms with van der Waals surface area (Å²) in [6.07, 6.45) is 21.2. The Morgan fingerprint density at radius 1 is 0.829 bits per heavy atom. The molecule has 1 aromatic rings. The van der Waals surface area contributed by atoms with E-state index in [1.54, 1.807) is 12.1 Å². The van der Waals surface area contributed by atoms with E-state index in [0.29, 0.717) is 6.61 Å². The molecule has 0 saturated heterocycles. The van der Waals surface area contributed by atoms with Gasteiger partial charge in [0.15, 0.2) is 11.6 Å². The van der Waals surface area contributed by atoms with E-state index in [0.717, 1.165) is 62.7 Å². The second kappa shape index (κ2) is 15.5. The number of carbonyl (C=O) groups is 1. The van der Waals surface area contributed by atoms with Crippen LogP contribution >= 0.6 is 0 Å². The molecule has 2 aliphatic carbocycles. The van der Waals surface area contributed by atoms with Crippen molar-refractivity contribution in [2.24, 2.45) is 17.8 Å². The van der Waals surface area contributed by atoms with Crippen molar-refractivity contribution in [1.82, 2.24) is 0 Å². The molecule has 0 amide bonds. The van der Waals surface area contributed by atoms with E-state index in [9.17, 15) is 9.18 Å². The van der Waals surface area contributed by atoms with Crippen LogP contribution in [0.5, 0.6) is 5.75 Å². The SMILES string of the molecule is CCCCCCCC1CCC(C2CCC(OC(=O)c3ccc(OCCCCC)c(F)c3)CC2)CC1. The van der Waals surface area contributed by atoms with Crippen LogP contribution in [0.25, 0.3) is 0 Å². The molecule has 198 valence electrons. The van der Waals surface area contributed by atoms with Crippen molar-refractivity contribution in [2.45, 2.75) is 129 Å². The van der Waals surface area contributed by atoms with Crippen molar-refractivity contribution in [1.29, 1.82) is 0 Å². The Hall–Kier alpha value is -1.58. The molecular formula is C31H49FO3. The number of halogens is 1. The van der Waals surface area contributed by atoms with E-state index < -0.39 is 11.8 Å². The Labute approximate surface area is 213 Å². The lowest BCUT2D eigenvalue weighted by Crippen LogP contribution is -2.29. The lowest BCUT2D eigenvalue weighted by molar-refractivity contribution is 0.0109. The molecule has 2 fully saturated rings. The Morgan fingerprint density at radius 3 is 2.11 bits per heavy atom. The van der Waals surface area contributed by atoms with Gasteiger partial charge in [-0.1, -0.05) is 78.1 Å². The molecule has 1 aromatic carbocycles. The number of rotatable bonds is 14. The summed E-state index contributed by atoms with van der Waals surface area (Å²) in [5.41, 5.74) is 0.276. The number of carbonyl (C=O) groups excluding carboxylic acids is 1. The molecule has 3 rings (SSSR count). The Morgan fingerprint density at radius 2 is 1.46 bits per heavy atom. The second-order valence-corrected chi connectivity index (χ2v) is 11.1. The highest BCUT2D eigenvalue weighted by Crippen LogP contribution is 2.41. The Bertz CT molecular complexity index is 733. The smallest absolute Gasteiger partial charge is 0.338 e. The molecule has 0 bridgehead atoms. The monoisotopic (exact) mass is 488 g/mol. The van der Waals surface area contributed by atoms with Gasteiger partial charge in [0.05, 0.1) is 12.2 Å². The maximum atomic E-state index is 14.4. The van der Waals surface area contributed by atoms with Crippen LogP contribution in [0.3, 0.4) is 0 Å². The zero-order valence-electron chi connectivity index (χ0n) is 22.4. The molecule has 0 unspecified atom stereocenters. The summed E-state index contributed by atoms with van der Waals surface area (Å²) >= 11 is 0. The van der Waals surface area contributed by atoms with Crippen LogP contribution in [-0.2, 0) is 4.74 Å². The maximum absolute atomic E-state index is 14.4. The van der Waals surface area contributed by atoms with Gasteiger partial charge in [-0.2, -0.15) is 0 Å². The molecule has 0 aliphatic heterocycles. The van der Waals surface area contributed by atoms with Gasteiger partial charge in [-0.15, -0.1) is 0 Å². The average Bonchev–Trinajstić information content (AvgIpc) is 2.88. The fraction of sp³-hybridized carbons (Fsp3) is 0.774. The van der Waals surface area contributed by atoms with Crippen molar-refractivity contribution < 1.29 is 18.7 Å². The van der Waals surface area contributed by atoms with Gasteiger partial charge in [0.25, 0.3) is 0 Å². The third kappa shape index (κ3) is 9.42. The van der Waals surface area contributed by atoms with Crippen molar-refractivity contribution in [3.8, 4) is 5.75 Å². The normalized spacial score (nSPS) is 24.8. The quantitative estimate of drug-likeness (QED) is 0.193. The molecule has 0 spiro atoms. The Balaban J connectivity index is 1.34. The van der Waals surface area contributed by atoms with E-state index >= 15 is 0 Å². The van der Waals surface area contributed by atoms with E-state index in [2.05, 4.69) is 13.8 Å². The van der Waals surface area contributed by atoms with Gasteiger partial charge in [-0.3, -0.25) is 0 Å². The standard InChI is InChI=1S/C31H49FO3/c1-3-5-7-8-9-11-24-12-14-25(15-13-24)26-16-19-28(20-17-26)35-31(33)27-18-21-30(29(32)23-27)34-22-10-6-4-2/h18,21,23-26,28H,3-17,19-20,22H2,1-2H3. The van der Waals surface area contributed by atoms with Crippen molar-refractivity contribution >= 4 is 5.97 Å². The van der Waals surface area contributed by atoms with Crippen LogP contribution < -0.4 is 4.74 Å². The summed E-state index contributed by atoms with van der Waals surface area (Å²) in [4.78, 5) is 12.6. The fourth-order valence-electron chi connectivity index (χ4n) is 6.16. The number of ether oxygens (including phenoxy) is 2. The highest BCUT2D eigenvalue weighted by atomic mass is 19.1. The summed E-state index contributed by atoms with van der Waals surface area (Å²) in [5, 5.41) is 0. The van der Waals surface area contributed by atoms with Gasteiger partial charge in [-0.05, 0) is 80.9 Å². The van der Waals surface area contributed by atoms with Gasteiger partial charge in [0.2, 0.25) is 0 Å². The molecule has 0 N–H and O–H groups in total. The van der Waals surface area contributed by atoms with Crippen molar-refractivity contribution in [3.63, 3.8) is 0 Å². The third-order valence-electron chi connectivity index (χ3n) is 8.44. The van der Waals surface area contributed by atoms with E-state index in [1.807, 2.05) is 0 Å². The molecule has 0 radical (unpaired) electrons. The Kier molecular flexibility index (Phi) is 12.4. The molecule has 2 saturated carbocycles. The zero-order chi connectivity index (χ0) is 24.9. The van der Waals surface area contributed by atoms with E-state index in [1.165, 1.54) is 70.3 Å². The predicted molar refractivity (Wildman–Crippen MR) is 141 cm³/mol. The number of hydrogen-bond acceptors (Lipinski definition) is 3. The zero-order valence-corrected chi connectivity index (χ0v) is 22.4. The van der Waals surface area contributed by atoms with Gasteiger partial charge in [0, 0.05) is 0 Å². The van der Waals surface area contributed by atoms with Crippen LogP contribution in [0.15, 0.2) is 18.2 Å². The largest absolute Gasteiger partial charge is 0.491 e. The number of esters is 1. The summed E-state index contributed by atoms with van der Waals surface area (Å²) in [6.45, 7) is 4.90. The minimum Gasteiger partial charge on any atom is -0.491 e. The third-order valence-corrected chi connectivity index (χ3v) is 8.44. The minimum atomic E-state index is -0.490. The predicted octanol–water partition coefficient (Wildman–Crippen LogP) is 9.28. The molecule has 0 atom stereocenters. The summed E-state index contributed by atoms with van der Waals surface area (Å²) in [7, 11) is 0. The first kappa shape index (κ1) is 28.0. The minimum absolute atomic E-state index is 0.0359. The van der Waals surface area contributed by atoms with Crippen LogP contribution in [0, 0.1) is 23.6 Å². The molecule has 4 heteroatoms. The molecule has 0 aromatic heterocycles. The lowest BCUT2D eigenvalue weighted by atomic mass is 9.70. The van der Waals surface area contributed by atoms with Crippen molar-refractivity contribution in [2.75, 3.05) is 6.61 Å². The topological polar surface area (TPSA) is 35.5 Å². The first-order chi connectivity index (χ1) is 17.1. The molecule has 2 aliphatic rings. The first-order valence-electron chi connectivity index (χ1n) is 14.7. The van der Waals surface area contributed by atoms with Gasteiger partial charge >= 0.3 is 5.97 Å². The average molecular weight is 489 g/mol. The maximum Gasteiger partial charge on any atom is 0.338 e. The van der Waals surface area contributed by atoms with Crippen LogP contribution in [0.2, 0.25) is 0 Å². The summed E-state index contributed by atoms with van der Waals surface area (Å²) in [5.74, 6) is 1.92. The van der Waals surface area contributed by atoms with E-state index in [4.69, 9.17) is 9.47 Å². The second-order valence-electron chi connectivity index (χ2n) is 11.1. The number of benzene rings is 1. The number of hydrogen-bond donors (Lipinski definition) is 0. The first-order valence-corrected chi connectivity index (χ1v) is 14.7. The molecular weight excluding hydrogens is 439 g/mol. The lowest BCUT2D eigenvalue weighted by Gasteiger charge is -2.37. The van der Waals surface area contributed by atoms with Crippen LogP contribution in [0.4, 0.5) is 4.39 Å². The highest BCUT2D eigenvalue weighted by Gasteiger charge is 2.32. The van der Waals surface area contributed by atoms with Crippen LogP contribution in [0.1, 0.15) is 133 Å². The van der Waals surface area contributed by atoms with Gasteiger partial charge < -0.3 is 9.47 Å². The van der Waals surface area contributed by atoms with Crippen LogP contribution in [-0.4, -0.2) is 18.7 Å². The highest BCUT2D eigenvalue weighted by molar-refractivity contribution is 5.89. The molecule has 3 nitrogen and oxygen atoms in total.